The van der Waals surface area contributed by atoms with Gasteiger partial charge in [-0.25, -0.2) is 0 Å². The molecular formula is C29H30N4O4. The summed E-state index contributed by atoms with van der Waals surface area (Å²) in [6, 6.07) is 19.4. The smallest absolute Gasteiger partial charge is 0.307 e. The monoisotopic (exact) mass is 498 g/mol. The standard InChI is InChI=1S/C29H30N4O4/c1-19-9-7-10-20(2)27(19)37-29-25(28(35)32-16-15-30-21(18-32)17-24(34)36-3)26-23(13-8-14-31-26)33(29)22-11-5-4-6-12-22/h4-14,21,30H,15-18H2,1-3H3. The first-order chi connectivity index (χ1) is 18.0. The first-order valence-electron chi connectivity index (χ1n) is 12.4. The van der Waals surface area contributed by atoms with Gasteiger partial charge in [0.25, 0.3) is 5.91 Å². The van der Waals surface area contributed by atoms with Gasteiger partial charge in [0.15, 0.2) is 0 Å². The predicted molar refractivity (Wildman–Crippen MR) is 141 cm³/mol. The zero-order chi connectivity index (χ0) is 25.9. The molecule has 1 saturated heterocycles. The third-order valence-electron chi connectivity index (χ3n) is 6.70. The highest BCUT2D eigenvalue weighted by molar-refractivity contribution is 6.09. The normalized spacial score (nSPS) is 15.5. The number of ether oxygens (including phenoxy) is 2. The Bertz CT molecular complexity index is 1430. The number of carbonyl (C=O) groups excluding carboxylic acids is 2. The van der Waals surface area contributed by atoms with Crippen molar-refractivity contribution in [3.05, 3.63) is 83.6 Å². The number of nitrogens with zero attached hydrogens (tertiary/aromatic N) is 3. The number of rotatable bonds is 6. The molecule has 190 valence electrons. The summed E-state index contributed by atoms with van der Waals surface area (Å²) in [6.45, 7) is 5.44. The number of fused-ring (bicyclic) bond motifs is 1. The minimum Gasteiger partial charge on any atom is -0.469 e. The van der Waals surface area contributed by atoms with E-state index in [0.29, 0.717) is 42.3 Å². The van der Waals surface area contributed by atoms with Crippen LogP contribution in [0.4, 0.5) is 0 Å². The molecule has 2 aromatic heterocycles. The molecular weight excluding hydrogens is 468 g/mol. The van der Waals surface area contributed by atoms with Crippen molar-refractivity contribution in [2.75, 3.05) is 26.7 Å². The van der Waals surface area contributed by atoms with Gasteiger partial charge in [0, 0.05) is 37.6 Å². The molecule has 5 rings (SSSR count). The minimum absolute atomic E-state index is 0.184. The molecule has 0 bridgehead atoms. The summed E-state index contributed by atoms with van der Waals surface area (Å²) in [4.78, 5) is 32.5. The summed E-state index contributed by atoms with van der Waals surface area (Å²) in [5, 5.41) is 3.31. The Morgan fingerprint density at radius 2 is 1.78 bits per heavy atom. The van der Waals surface area contributed by atoms with Crippen molar-refractivity contribution in [1.82, 2.24) is 19.8 Å². The van der Waals surface area contributed by atoms with Crippen LogP contribution in [0.3, 0.4) is 0 Å². The Labute approximate surface area is 215 Å². The van der Waals surface area contributed by atoms with Gasteiger partial charge in [-0.3, -0.25) is 19.1 Å². The zero-order valence-electron chi connectivity index (χ0n) is 21.2. The molecule has 0 aliphatic carbocycles. The highest BCUT2D eigenvalue weighted by atomic mass is 16.5. The molecule has 1 aliphatic heterocycles. The van der Waals surface area contributed by atoms with E-state index in [1.165, 1.54) is 7.11 Å². The van der Waals surface area contributed by atoms with Crippen molar-refractivity contribution in [2.45, 2.75) is 26.3 Å². The third kappa shape index (κ3) is 4.80. The van der Waals surface area contributed by atoms with Gasteiger partial charge in [0.05, 0.1) is 19.0 Å². The number of para-hydroxylation sites is 2. The van der Waals surface area contributed by atoms with Crippen molar-refractivity contribution in [1.29, 1.82) is 0 Å². The molecule has 4 aromatic rings. The molecule has 1 N–H and O–H groups in total. The third-order valence-corrected chi connectivity index (χ3v) is 6.70. The van der Waals surface area contributed by atoms with Crippen molar-refractivity contribution in [3.63, 3.8) is 0 Å². The van der Waals surface area contributed by atoms with E-state index >= 15 is 0 Å². The lowest BCUT2D eigenvalue weighted by Gasteiger charge is -2.33. The number of nitrogens with one attached hydrogen (secondary N) is 1. The van der Waals surface area contributed by atoms with Crippen LogP contribution in [0.15, 0.2) is 66.9 Å². The maximum atomic E-state index is 14.2. The highest BCUT2D eigenvalue weighted by Crippen LogP contribution is 2.39. The molecule has 0 saturated carbocycles. The maximum Gasteiger partial charge on any atom is 0.307 e. The fourth-order valence-electron chi connectivity index (χ4n) is 4.86. The van der Waals surface area contributed by atoms with Crippen LogP contribution in [-0.2, 0) is 9.53 Å². The van der Waals surface area contributed by atoms with Crippen LogP contribution in [0.2, 0.25) is 0 Å². The minimum atomic E-state index is -0.312. The largest absolute Gasteiger partial charge is 0.469 e. The van der Waals surface area contributed by atoms with Crippen LogP contribution in [0.25, 0.3) is 16.7 Å². The van der Waals surface area contributed by atoms with Crippen molar-refractivity contribution in [3.8, 4) is 17.3 Å². The Balaban J connectivity index is 1.66. The average molecular weight is 499 g/mol. The lowest BCUT2D eigenvalue weighted by Crippen LogP contribution is -2.53. The van der Waals surface area contributed by atoms with Crippen LogP contribution in [-0.4, -0.2) is 59.1 Å². The van der Waals surface area contributed by atoms with E-state index < -0.39 is 0 Å². The first-order valence-corrected chi connectivity index (χ1v) is 12.4. The topological polar surface area (TPSA) is 85.7 Å². The second kappa shape index (κ2) is 10.4. The quantitative estimate of drug-likeness (QED) is 0.397. The number of hydrogen-bond acceptors (Lipinski definition) is 6. The summed E-state index contributed by atoms with van der Waals surface area (Å²) in [5.41, 5.74) is 4.55. The Hall–Kier alpha value is -4.17. The van der Waals surface area contributed by atoms with E-state index in [0.717, 1.165) is 22.3 Å². The van der Waals surface area contributed by atoms with Crippen molar-refractivity contribution >= 4 is 22.9 Å². The molecule has 1 aliphatic rings. The summed E-state index contributed by atoms with van der Waals surface area (Å²) in [6.07, 6.45) is 1.88. The highest BCUT2D eigenvalue weighted by Gasteiger charge is 2.33. The number of pyridine rings is 1. The van der Waals surface area contributed by atoms with Gasteiger partial charge in [0.2, 0.25) is 5.88 Å². The van der Waals surface area contributed by atoms with Gasteiger partial charge in [-0.1, -0.05) is 36.4 Å². The molecule has 8 nitrogen and oxygen atoms in total. The molecule has 1 atom stereocenters. The van der Waals surface area contributed by atoms with Crippen LogP contribution in [0.1, 0.15) is 27.9 Å². The molecule has 37 heavy (non-hydrogen) atoms. The molecule has 2 aromatic carbocycles. The molecule has 1 fully saturated rings. The van der Waals surface area contributed by atoms with Crippen molar-refractivity contribution in [2.24, 2.45) is 0 Å². The van der Waals surface area contributed by atoms with Gasteiger partial charge < -0.3 is 19.7 Å². The SMILES string of the molecule is COC(=O)CC1CN(C(=O)c2c(Oc3c(C)cccc3C)n(-c3ccccc3)c3cccnc23)CCN1. The van der Waals surface area contributed by atoms with Crippen molar-refractivity contribution < 1.29 is 19.1 Å². The van der Waals surface area contributed by atoms with E-state index in [1.807, 2.05) is 79.1 Å². The summed E-state index contributed by atoms with van der Waals surface area (Å²) in [7, 11) is 1.37. The zero-order valence-corrected chi connectivity index (χ0v) is 21.2. The maximum absolute atomic E-state index is 14.2. The second-order valence-corrected chi connectivity index (χ2v) is 9.23. The number of hydrogen-bond donors (Lipinski definition) is 1. The van der Waals surface area contributed by atoms with Gasteiger partial charge >= 0.3 is 5.97 Å². The molecule has 8 heteroatoms. The van der Waals surface area contributed by atoms with E-state index in [1.54, 1.807) is 11.1 Å². The van der Waals surface area contributed by atoms with Crippen LogP contribution in [0.5, 0.6) is 11.6 Å². The Morgan fingerprint density at radius 3 is 2.51 bits per heavy atom. The Morgan fingerprint density at radius 1 is 1.03 bits per heavy atom. The second-order valence-electron chi connectivity index (χ2n) is 9.23. The number of aryl methyl sites for hydroxylation is 2. The predicted octanol–water partition coefficient (Wildman–Crippen LogP) is 4.41. The van der Waals surface area contributed by atoms with Gasteiger partial charge in [-0.2, -0.15) is 0 Å². The van der Waals surface area contributed by atoms with Gasteiger partial charge in [-0.05, 0) is 49.2 Å². The Kier molecular flexibility index (Phi) is 6.92. The van der Waals surface area contributed by atoms with Crippen LogP contribution in [0, 0.1) is 13.8 Å². The summed E-state index contributed by atoms with van der Waals surface area (Å²) in [5.74, 6) is 0.634. The number of esters is 1. The molecule has 1 unspecified atom stereocenters. The van der Waals surface area contributed by atoms with E-state index in [2.05, 4.69) is 10.3 Å². The van der Waals surface area contributed by atoms with Gasteiger partial charge in [-0.15, -0.1) is 0 Å². The molecule has 0 radical (unpaired) electrons. The lowest BCUT2D eigenvalue weighted by molar-refractivity contribution is -0.141. The molecule has 3 heterocycles. The van der Waals surface area contributed by atoms with E-state index in [-0.39, 0.29) is 24.3 Å². The summed E-state index contributed by atoms with van der Waals surface area (Å²) >= 11 is 0. The van der Waals surface area contributed by atoms with E-state index in [9.17, 15) is 9.59 Å². The number of methoxy groups -OCH3 is 1. The number of amides is 1. The van der Waals surface area contributed by atoms with Gasteiger partial charge in [0.1, 0.15) is 16.8 Å². The number of piperazine rings is 1. The average Bonchev–Trinajstić information content (AvgIpc) is 3.24. The number of benzene rings is 2. The molecule has 1 amide bonds. The van der Waals surface area contributed by atoms with Crippen LogP contribution >= 0.6 is 0 Å². The van der Waals surface area contributed by atoms with E-state index in [4.69, 9.17) is 9.47 Å². The lowest BCUT2D eigenvalue weighted by atomic mass is 10.1. The fourth-order valence-corrected chi connectivity index (χ4v) is 4.86. The number of carbonyl (C=O) groups is 2. The summed E-state index contributed by atoms with van der Waals surface area (Å²) < 4.78 is 13.4. The first kappa shape index (κ1) is 24.5. The molecule has 0 spiro atoms. The fraction of sp³-hybridized carbons (Fsp3) is 0.276. The number of aromatic nitrogens is 2. The van der Waals surface area contributed by atoms with Crippen LogP contribution < -0.4 is 10.1 Å².